The molecule has 0 aromatic heterocycles. The number of rotatable bonds is 0. The lowest BCUT2D eigenvalue weighted by atomic mass is 9.78. The van der Waals surface area contributed by atoms with Gasteiger partial charge >= 0.3 is 0 Å². The van der Waals surface area contributed by atoms with E-state index in [-0.39, 0.29) is 23.0 Å². The summed E-state index contributed by atoms with van der Waals surface area (Å²) in [6.07, 6.45) is 13.5. The summed E-state index contributed by atoms with van der Waals surface area (Å²) >= 11 is 0. The van der Waals surface area contributed by atoms with E-state index >= 15 is 0 Å². The van der Waals surface area contributed by atoms with Crippen molar-refractivity contribution in [3.63, 3.8) is 0 Å². The van der Waals surface area contributed by atoms with Gasteiger partial charge in [0, 0.05) is 0 Å². The monoisotopic (exact) mass is 316 g/mol. The zero-order valence-corrected chi connectivity index (χ0v) is 16.3. The van der Waals surface area contributed by atoms with E-state index in [2.05, 4.69) is 66.7 Å². The van der Waals surface area contributed by atoms with Crippen molar-refractivity contribution in [1.29, 1.82) is 0 Å². The topological polar surface area (TPSA) is 9.23 Å². The average molecular weight is 317 g/mol. The van der Waals surface area contributed by atoms with E-state index in [1.54, 1.807) is 0 Å². The fraction of sp³-hybridized carbons (Fsp3) is 0.727. The van der Waals surface area contributed by atoms with Gasteiger partial charge in [-0.15, -0.1) is 0 Å². The molecule has 0 aliphatic carbocycles. The lowest BCUT2D eigenvalue weighted by Gasteiger charge is -2.31. The van der Waals surface area contributed by atoms with E-state index in [0.29, 0.717) is 0 Å². The van der Waals surface area contributed by atoms with Gasteiger partial charge in [0.05, 0.1) is 12.2 Å². The summed E-state index contributed by atoms with van der Waals surface area (Å²) in [5, 5.41) is 0. The van der Waals surface area contributed by atoms with Gasteiger partial charge in [-0.2, -0.15) is 0 Å². The smallest absolute Gasteiger partial charge is 0.0836 e. The Morgan fingerprint density at radius 3 is 2.35 bits per heavy atom. The van der Waals surface area contributed by atoms with Crippen molar-refractivity contribution in [2.24, 2.45) is 10.8 Å². The van der Waals surface area contributed by atoms with Gasteiger partial charge in [0.1, 0.15) is 0 Å². The summed E-state index contributed by atoms with van der Waals surface area (Å²) in [4.78, 5) is 0. The molecule has 0 spiro atoms. The molecule has 2 atom stereocenters. The largest absolute Gasteiger partial charge is 0.366 e. The van der Waals surface area contributed by atoms with Crippen molar-refractivity contribution in [1.82, 2.24) is 0 Å². The second-order valence-corrected chi connectivity index (χ2v) is 9.29. The van der Waals surface area contributed by atoms with Crippen LogP contribution in [0.4, 0.5) is 0 Å². The molecule has 0 radical (unpaired) electrons. The molecule has 2 aliphatic heterocycles. The number of ether oxygens (including phenoxy) is 1. The summed E-state index contributed by atoms with van der Waals surface area (Å²) in [5.41, 5.74) is 4.86. The van der Waals surface area contributed by atoms with Crippen LogP contribution in [0.15, 0.2) is 34.9 Å². The fourth-order valence-electron chi connectivity index (χ4n) is 3.72. The Hall–Kier alpha value is -0.820. The highest BCUT2D eigenvalue weighted by Gasteiger charge is 2.40. The van der Waals surface area contributed by atoms with Crippen molar-refractivity contribution in [2.45, 2.75) is 92.8 Å². The third kappa shape index (κ3) is 4.83. The molecular formula is C22H36O. The van der Waals surface area contributed by atoms with Crippen molar-refractivity contribution in [2.75, 3.05) is 0 Å². The highest BCUT2D eigenvalue weighted by molar-refractivity contribution is 5.26. The first-order chi connectivity index (χ1) is 10.6. The van der Waals surface area contributed by atoms with Gasteiger partial charge in [-0.3, -0.25) is 0 Å². The zero-order valence-electron chi connectivity index (χ0n) is 16.3. The van der Waals surface area contributed by atoms with Gasteiger partial charge < -0.3 is 4.74 Å². The quantitative estimate of drug-likeness (QED) is 0.457. The van der Waals surface area contributed by atoms with Gasteiger partial charge in [0.2, 0.25) is 0 Å². The van der Waals surface area contributed by atoms with E-state index in [1.807, 2.05) is 0 Å². The number of hydrogen-bond donors (Lipinski definition) is 0. The van der Waals surface area contributed by atoms with Crippen LogP contribution in [0.2, 0.25) is 0 Å². The maximum absolute atomic E-state index is 6.57. The van der Waals surface area contributed by atoms with Crippen LogP contribution in [0, 0.1) is 10.8 Å². The molecule has 0 fully saturated rings. The molecule has 0 saturated heterocycles. The Kier molecular flexibility index (Phi) is 5.61. The SMILES string of the molecule is CC1=CCCC(C)(C)C2C=C(C(C)(C)C)C(CC(C)=CCC1)O2. The molecule has 0 saturated carbocycles. The number of fused-ring (bicyclic) bond motifs is 2. The lowest BCUT2D eigenvalue weighted by Crippen LogP contribution is -2.30. The van der Waals surface area contributed by atoms with Crippen molar-refractivity contribution >= 4 is 0 Å². The molecule has 0 aromatic carbocycles. The predicted molar refractivity (Wildman–Crippen MR) is 101 cm³/mol. The van der Waals surface area contributed by atoms with Crippen LogP contribution < -0.4 is 0 Å². The maximum atomic E-state index is 6.57. The highest BCUT2D eigenvalue weighted by Crippen LogP contribution is 2.43. The number of allylic oxidation sites excluding steroid dienone is 3. The molecule has 2 rings (SSSR count). The van der Waals surface area contributed by atoms with E-state index in [0.717, 1.165) is 19.3 Å². The summed E-state index contributed by atoms with van der Waals surface area (Å²) in [6.45, 7) is 16.2. The lowest BCUT2D eigenvalue weighted by molar-refractivity contribution is -0.0163. The maximum Gasteiger partial charge on any atom is 0.0836 e. The minimum Gasteiger partial charge on any atom is -0.366 e. The second-order valence-electron chi connectivity index (χ2n) is 9.29. The third-order valence-electron chi connectivity index (χ3n) is 5.45. The molecule has 2 aliphatic rings. The summed E-state index contributed by atoms with van der Waals surface area (Å²) in [5.74, 6) is 0. The van der Waals surface area contributed by atoms with Crippen molar-refractivity contribution < 1.29 is 4.74 Å². The van der Waals surface area contributed by atoms with Crippen LogP contribution in [0.25, 0.3) is 0 Å². The zero-order chi connectivity index (χ0) is 17.3. The molecule has 23 heavy (non-hydrogen) atoms. The molecule has 130 valence electrons. The molecule has 0 N–H and O–H groups in total. The normalized spacial score (nSPS) is 29.6. The minimum absolute atomic E-state index is 0.184. The molecule has 2 heterocycles. The molecule has 2 bridgehead atoms. The molecular weight excluding hydrogens is 280 g/mol. The van der Waals surface area contributed by atoms with Gasteiger partial charge in [-0.05, 0) is 62.4 Å². The Bertz CT molecular complexity index is 511. The van der Waals surface area contributed by atoms with Crippen LogP contribution in [0.5, 0.6) is 0 Å². The van der Waals surface area contributed by atoms with Crippen LogP contribution in [0.3, 0.4) is 0 Å². The van der Waals surface area contributed by atoms with Crippen LogP contribution in [0.1, 0.15) is 80.6 Å². The Morgan fingerprint density at radius 1 is 1.04 bits per heavy atom. The van der Waals surface area contributed by atoms with Gasteiger partial charge in [0.25, 0.3) is 0 Å². The van der Waals surface area contributed by atoms with E-state index in [4.69, 9.17) is 4.74 Å². The second kappa shape index (κ2) is 6.97. The molecule has 1 nitrogen and oxygen atoms in total. The summed E-state index contributed by atoms with van der Waals surface area (Å²) in [7, 11) is 0. The van der Waals surface area contributed by atoms with Gasteiger partial charge in [0.15, 0.2) is 0 Å². The molecule has 0 aromatic rings. The fourth-order valence-corrected chi connectivity index (χ4v) is 3.72. The summed E-state index contributed by atoms with van der Waals surface area (Å²) in [6, 6.07) is 0. The van der Waals surface area contributed by atoms with Crippen molar-refractivity contribution in [3.05, 3.63) is 34.9 Å². The average Bonchev–Trinajstić information content (AvgIpc) is 2.82. The predicted octanol–water partition coefficient (Wildman–Crippen LogP) is 6.61. The Labute approximate surface area is 143 Å². The van der Waals surface area contributed by atoms with Crippen LogP contribution >= 0.6 is 0 Å². The van der Waals surface area contributed by atoms with E-state index in [1.165, 1.54) is 29.6 Å². The standard InChI is InChI=1S/C22H36O/c1-16-10-8-11-17(2)14-19-18(21(3,4)5)15-20(23-19)22(6,7)13-9-12-16/h11-12,15,19-20H,8-10,13-14H2,1-7H3. The minimum atomic E-state index is 0.184. The van der Waals surface area contributed by atoms with Gasteiger partial charge in [-0.25, -0.2) is 0 Å². The number of hydrogen-bond acceptors (Lipinski definition) is 1. The molecule has 1 heteroatoms. The Balaban J connectivity index is 2.32. The first kappa shape index (κ1) is 18.5. The summed E-state index contributed by atoms with van der Waals surface area (Å²) < 4.78 is 6.57. The van der Waals surface area contributed by atoms with Crippen LogP contribution in [-0.2, 0) is 4.74 Å². The van der Waals surface area contributed by atoms with Gasteiger partial charge in [-0.1, -0.05) is 64.0 Å². The first-order valence-electron chi connectivity index (χ1n) is 9.28. The molecule has 2 unspecified atom stereocenters. The Morgan fingerprint density at radius 2 is 1.70 bits per heavy atom. The third-order valence-corrected chi connectivity index (χ3v) is 5.45. The highest BCUT2D eigenvalue weighted by atomic mass is 16.5. The molecule has 0 amide bonds. The first-order valence-corrected chi connectivity index (χ1v) is 9.28. The van der Waals surface area contributed by atoms with Crippen LogP contribution in [-0.4, -0.2) is 12.2 Å². The van der Waals surface area contributed by atoms with Crippen molar-refractivity contribution in [3.8, 4) is 0 Å². The van der Waals surface area contributed by atoms with E-state index in [9.17, 15) is 0 Å². The van der Waals surface area contributed by atoms with E-state index < -0.39 is 0 Å².